The zero-order chi connectivity index (χ0) is 20.1. The number of likely N-dealkylation sites (tertiary alicyclic amines) is 1. The summed E-state index contributed by atoms with van der Waals surface area (Å²) >= 11 is 0. The fourth-order valence-electron chi connectivity index (χ4n) is 4.00. The van der Waals surface area contributed by atoms with Crippen LogP contribution in [-0.2, 0) is 9.59 Å². The number of piperidine rings is 1. The first-order valence-electron chi connectivity index (χ1n) is 10.0. The van der Waals surface area contributed by atoms with Crippen molar-refractivity contribution in [1.82, 2.24) is 9.88 Å². The van der Waals surface area contributed by atoms with Gasteiger partial charge in [-0.2, -0.15) is 0 Å². The number of rotatable bonds is 3. The average Bonchev–Trinajstić information content (AvgIpc) is 2.75. The molecule has 0 unspecified atom stereocenters. The molecule has 1 N–H and O–H groups in total. The van der Waals surface area contributed by atoms with E-state index in [1.54, 1.807) is 18.3 Å². The first kappa shape index (κ1) is 19.2. The molecule has 1 saturated heterocycles. The molecule has 4 rings (SSSR count). The number of benzene rings is 1. The summed E-state index contributed by atoms with van der Waals surface area (Å²) in [7, 11) is 0. The zero-order valence-electron chi connectivity index (χ0n) is 16.3. The van der Waals surface area contributed by atoms with Crippen molar-refractivity contribution in [2.75, 3.05) is 31.6 Å². The van der Waals surface area contributed by atoms with E-state index in [0.29, 0.717) is 43.4 Å². The quantitative estimate of drug-likeness (QED) is 0.864. The van der Waals surface area contributed by atoms with Crippen LogP contribution in [-0.4, -0.2) is 48.0 Å². The number of carbonyl (C=O) groups excluding carboxylic acids is 2. The van der Waals surface area contributed by atoms with Gasteiger partial charge in [0, 0.05) is 25.7 Å². The number of amides is 2. The Morgan fingerprint density at radius 3 is 2.90 bits per heavy atom. The minimum absolute atomic E-state index is 0.0235. The number of anilines is 1. The van der Waals surface area contributed by atoms with Gasteiger partial charge < -0.3 is 19.7 Å². The minimum atomic E-state index is -0.0352. The molecule has 1 fully saturated rings. The Labute approximate surface area is 170 Å². The van der Waals surface area contributed by atoms with Crippen LogP contribution < -0.4 is 14.8 Å². The smallest absolute Gasteiger partial charge is 0.260 e. The van der Waals surface area contributed by atoms with E-state index in [1.165, 1.54) is 0 Å². The molecule has 0 bridgehead atoms. The zero-order valence-corrected chi connectivity index (χ0v) is 16.3. The molecule has 3 heterocycles. The van der Waals surface area contributed by atoms with Crippen LogP contribution in [0.15, 0.2) is 48.7 Å². The molecule has 7 nitrogen and oxygen atoms in total. The second kappa shape index (κ2) is 8.94. The molecular formula is C22H25N3O4. The number of para-hydroxylation sites is 1. The molecule has 29 heavy (non-hydrogen) atoms. The van der Waals surface area contributed by atoms with Gasteiger partial charge in [0.25, 0.3) is 5.91 Å². The van der Waals surface area contributed by atoms with Crippen molar-refractivity contribution in [2.24, 2.45) is 11.8 Å². The summed E-state index contributed by atoms with van der Waals surface area (Å²) in [6.07, 6.45) is 3.67. The first-order valence-corrected chi connectivity index (χ1v) is 10.0. The third-order valence-corrected chi connectivity index (χ3v) is 5.57. The lowest BCUT2D eigenvalue weighted by molar-refractivity contribution is -0.136. The summed E-state index contributed by atoms with van der Waals surface area (Å²) in [6, 6.07) is 12.9. The van der Waals surface area contributed by atoms with Gasteiger partial charge in [-0.1, -0.05) is 18.2 Å². The second-order valence-corrected chi connectivity index (χ2v) is 7.50. The number of hydrogen-bond acceptors (Lipinski definition) is 5. The fraction of sp³-hybridized carbons (Fsp3) is 0.409. The predicted octanol–water partition coefficient (Wildman–Crippen LogP) is 2.74. The molecule has 1 aromatic carbocycles. The number of aromatic nitrogens is 1. The van der Waals surface area contributed by atoms with Gasteiger partial charge in [0.15, 0.2) is 6.61 Å². The van der Waals surface area contributed by atoms with E-state index < -0.39 is 0 Å². The summed E-state index contributed by atoms with van der Waals surface area (Å²) in [5.74, 6) is 1.51. The SMILES string of the molecule is O=C1C[C@@H]2CCN(C(=O)COc3ccccc3)C[C@@H]2CCOc2ncccc2N1. The van der Waals surface area contributed by atoms with Gasteiger partial charge in [-0.15, -0.1) is 0 Å². The molecule has 2 aliphatic heterocycles. The van der Waals surface area contributed by atoms with Crippen molar-refractivity contribution in [1.29, 1.82) is 0 Å². The Morgan fingerprint density at radius 2 is 2.03 bits per heavy atom. The van der Waals surface area contributed by atoms with E-state index in [1.807, 2.05) is 35.2 Å². The summed E-state index contributed by atoms with van der Waals surface area (Å²) in [5.41, 5.74) is 0.613. The highest BCUT2D eigenvalue weighted by Crippen LogP contribution is 2.32. The Bertz CT molecular complexity index is 858. The number of nitrogens with zero attached hydrogens (tertiary/aromatic N) is 2. The Hall–Kier alpha value is -3.09. The van der Waals surface area contributed by atoms with E-state index in [9.17, 15) is 9.59 Å². The number of pyridine rings is 1. The van der Waals surface area contributed by atoms with Crippen molar-refractivity contribution in [3.63, 3.8) is 0 Å². The molecule has 1 aromatic heterocycles. The van der Waals surface area contributed by atoms with Gasteiger partial charge in [0.2, 0.25) is 11.8 Å². The van der Waals surface area contributed by atoms with E-state index >= 15 is 0 Å². The molecule has 0 saturated carbocycles. The van der Waals surface area contributed by atoms with E-state index in [4.69, 9.17) is 9.47 Å². The second-order valence-electron chi connectivity index (χ2n) is 7.50. The van der Waals surface area contributed by atoms with Crippen LogP contribution in [0.2, 0.25) is 0 Å². The van der Waals surface area contributed by atoms with Gasteiger partial charge >= 0.3 is 0 Å². The highest BCUT2D eigenvalue weighted by atomic mass is 16.5. The molecule has 0 radical (unpaired) electrons. The molecule has 2 aliphatic rings. The minimum Gasteiger partial charge on any atom is -0.484 e. The standard InChI is InChI=1S/C22H25N3O4/c26-20-13-16-8-11-25(21(27)15-29-18-5-2-1-3-6-18)14-17(16)9-12-28-22-19(24-20)7-4-10-23-22/h1-7,10,16-17H,8-9,11-15H2,(H,24,26)/t16-,17-/m0/s1. The fourth-order valence-corrected chi connectivity index (χ4v) is 4.00. The number of carbonyl (C=O) groups is 2. The van der Waals surface area contributed by atoms with Crippen molar-refractivity contribution < 1.29 is 19.1 Å². The van der Waals surface area contributed by atoms with Crippen molar-refractivity contribution >= 4 is 17.5 Å². The monoisotopic (exact) mass is 395 g/mol. The van der Waals surface area contributed by atoms with Gasteiger partial charge in [-0.05, 0) is 48.9 Å². The van der Waals surface area contributed by atoms with Crippen LogP contribution in [0, 0.1) is 11.8 Å². The summed E-state index contributed by atoms with van der Waals surface area (Å²) < 4.78 is 11.4. The first-order chi connectivity index (χ1) is 14.2. The molecule has 152 valence electrons. The van der Waals surface area contributed by atoms with Crippen LogP contribution in [0.4, 0.5) is 5.69 Å². The topological polar surface area (TPSA) is 80.8 Å². The lowest BCUT2D eigenvalue weighted by atomic mass is 9.81. The number of hydrogen-bond donors (Lipinski definition) is 1. The Morgan fingerprint density at radius 1 is 1.17 bits per heavy atom. The molecule has 0 spiro atoms. The maximum absolute atomic E-state index is 12.6. The van der Waals surface area contributed by atoms with Crippen molar-refractivity contribution in [2.45, 2.75) is 19.3 Å². The van der Waals surface area contributed by atoms with Gasteiger partial charge in [0.1, 0.15) is 11.4 Å². The van der Waals surface area contributed by atoms with Gasteiger partial charge in [-0.25, -0.2) is 4.98 Å². The van der Waals surface area contributed by atoms with Crippen molar-refractivity contribution in [3.05, 3.63) is 48.7 Å². The van der Waals surface area contributed by atoms with Crippen molar-refractivity contribution in [3.8, 4) is 11.6 Å². The summed E-state index contributed by atoms with van der Waals surface area (Å²) in [4.78, 5) is 31.2. The molecular weight excluding hydrogens is 370 g/mol. The van der Waals surface area contributed by atoms with Crippen LogP contribution in [0.5, 0.6) is 11.6 Å². The van der Waals surface area contributed by atoms with Gasteiger partial charge in [-0.3, -0.25) is 9.59 Å². The number of nitrogens with one attached hydrogen (secondary N) is 1. The summed E-state index contributed by atoms with van der Waals surface area (Å²) in [5, 5.41) is 2.91. The maximum Gasteiger partial charge on any atom is 0.260 e. The third-order valence-electron chi connectivity index (χ3n) is 5.57. The molecule has 0 aliphatic carbocycles. The van der Waals surface area contributed by atoms with Crippen LogP contribution in [0.3, 0.4) is 0 Å². The van der Waals surface area contributed by atoms with Crippen LogP contribution >= 0.6 is 0 Å². The number of ether oxygens (including phenoxy) is 2. The largest absolute Gasteiger partial charge is 0.484 e. The average molecular weight is 395 g/mol. The van der Waals surface area contributed by atoms with E-state index in [0.717, 1.165) is 12.8 Å². The molecule has 7 heteroatoms. The third kappa shape index (κ3) is 4.85. The van der Waals surface area contributed by atoms with Gasteiger partial charge in [0.05, 0.1) is 6.61 Å². The Balaban J connectivity index is 1.38. The van der Waals surface area contributed by atoms with E-state index in [2.05, 4.69) is 10.3 Å². The van der Waals surface area contributed by atoms with Crippen LogP contribution in [0.25, 0.3) is 0 Å². The molecule has 2 atom stereocenters. The maximum atomic E-state index is 12.6. The van der Waals surface area contributed by atoms with E-state index in [-0.39, 0.29) is 30.3 Å². The lowest BCUT2D eigenvalue weighted by Gasteiger charge is -2.38. The van der Waals surface area contributed by atoms with Crippen LogP contribution in [0.1, 0.15) is 19.3 Å². The predicted molar refractivity (Wildman–Crippen MR) is 108 cm³/mol. The summed E-state index contributed by atoms with van der Waals surface area (Å²) in [6.45, 7) is 1.79. The lowest BCUT2D eigenvalue weighted by Crippen LogP contribution is -2.46. The normalized spacial score (nSPS) is 21.8. The number of fused-ring (bicyclic) bond motifs is 2. The molecule has 2 amide bonds. The molecule has 2 aromatic rings. The highest BCUT2D eigenvalue weighted by molar-refractivity contribution is 5.92. The highest BCUT2D eigenvalue weighted by Gasteiger charge is 2.33. The Kier molecular flexibility index (Phi) is 5.93.